The minimum Gasteiger partial charge on any atom is -0.494 e. The van der Waals surface area contributed by atoms with Gasteiger partial charge in [-0.2, -0.15) is 0 Å². The highest BCUT2D eigenvalue weighted by Crippen LogP contribution is 2.22. The molecule has 0 aliphatic heterocycles. The third kappa shape index (κ3) is 6.96. The van der Waals surface area contributed by atoms with E-state index in [2.05, 4.69) is 86.4 Å². The van der Waals surface area contributed by atoms with Gasteiger partial charge in [-0.1, -0.05) is 82.1 Å². The van der Waals surface area contributed by atoms with Crippen molar-refractivity contribution in [2.24, 2.45) is 0 Å². The van der Waals surface area contributed by atoms with Crippen LogP contribution in [0.15, 0.2) is 60.7 Å². The van der Waals surface area contributed by atoms with Crippen molar-refractivity contribution < 1.29 is 4.74 Å². The first-order chi connectivity index (χ1) is 14.8. The van der Waals surface area contributed by atoms with Crippen molar-refractivity contribution in [1.29, 1.82) is 0 Å². The number of rotatable bonds is 10. The van der Waals surface area contributed by atoms with Gasteiger partial charge in [-0.3, -0.25) is 0 Å². The molecule has 1 nitrogen and oxygen atoms in total. The molecule has 0 saturated carbocycles. The highest BCUT2D eigenvalue weighted by molar-refractivity contribution is 5.85. The second kappa shape index (κ2) is 12.1. The first-order valence-corrected chi connectivity index (χ1v) is 11.6. The van der Waals surface area contributed by atoms with Crippen molar-refractivity contribution in [1.82, 2.24) is 0 Å². The summed E-state index contributed by atoms with van der Waals surface area (Å²) < 4.78 is 5.81. The molecule has 1 heteroatoms. The third-order valence-electron chi connectivity index (χ3n) is 5.45. The molecule has 0 aliphatic carbocycles. The fraction of sp³-hybridized carbons (Fsp3) is 0.379. The predicted molar refractivity (Wildman–Crippen MR) is 129 cm³/mol. The third-order valence-corrected chi connectivity index (χ3v) is 5.45. The second-order valence-electron chi connectivity index (χ2n) is 8.04. The van der Waals surface area contributed by atoms with Crippen molar-refractivity contribution in [2.75, 3.05) is 6.61 Å². The molecule has 0 saturated heterocycles. The van der Waals surface area contributed by atoms with Gasteiger partial charge in [0.25, 0.3) is 0 Å². The largest absolute Gasteiger partial charge is 0.494 e. The van der Waals surface area contributed by atoms with Gasteiger partial charge in [0.05, 0.1) is 6.61 Å². The van der Waals surface area contributed by atoms with Gasteiger partial charge in [-0.05, 0) is 72.0 Å². The lowest BCUT2D eigenvalue weighted by Gasteiger charge is -2.06. The van der Waals surface area contributed by atoms with Crippen LogP contribution in [0.3, 0.4) is 0 Å². The van der Waals surface area contributed by atoms with Crippen molar-refractivity contribution in [2.45, 2.75) is 65.2 Å². The van der Waals surface area contributed by atoms with Crippen molar-refractivity contribution >= 4 is 10.8 Å². The number of fused-ring (bicyclic) bond motifs is 1. The summed E-state index contributed by atoms with van der Waals surface area (Å²) in [7, 11) is 0. The van der Waals surface area contributed by atoms with E-state index < -0.39 is 0 Å². The molecule has 0 unspecified atom stereocenters. The standard InChI is InChI=1S/C29H34O/c1-3-5-7-8-9-10-24-11-13-25(14-12-24)15-16-26-17-18-28-23-29(30-21-6-4-2)20-19-27(28)22-26/h11-14,17-20,22-23H,3-10,21H2,1-2H3. The molecule has 3 rings (SSSR count). The second-order valence-corrected chi connectivity index (χ2v) is 8.04. The average molecular weight is 399 g/mol. The van der Waals surface area contributed by atoms with Crippen LogP contribution in [-0.2, 0) is 6.42 Å². The molecule has 0 heterocycles. The Morgan fingerprint density at radius 2 is 1.30 bits per heavy atom. The Kier molecular flexibility index (Phi) is 8.85. The maximum atomic E-state index is 5.81. The lowest BCUT2D eigenvalue weighted by molar-refractivity contribution is 0.310. The van der Waals surface area contributed by atoms with Gasteiger partial charge in [0.1, 0.15) is 5.75 Å². The van der Waals surface area contributed by atoms with Gasteiger partial charge >= 0.3 is 0 Å². The van der Waals surface area contributed by atoms with E-state index in [1.807, 2.05) is 0 Å². The van der Waals surface area contributed by atoms with Gasteiger partial charge < -0.3 is 4.74 Å². The van der Waals surface area contributed by atoms with E-state index >= 15 is 0 Å². The number of hydrogen-bond acceptors (Lipinski definition) is 1. The summed E-state index contributed by atoms with van der Waals surface area (Å²) in [5.74, 6) is 7.57. The Morgan fingerprint density at radius 1 is 0.633 bits per heavy atom. The number of aryl methyl sites for hydroxylation is 1. The first kappa shape index (κ1) is 22.0. The summed E-state index contributed by atoms with van der Waals surface area (Å²) in [4.78, 5) is 0. The molecule has 0 N–H and O–H groups in total. The molecule has 3 aromatic carbocycles. The molecule has 0 amide bonds. The maximum absolute atomic E-state index is 5.81. The van der Waals surface area contributed by atoms with Crippen LogP contribution in [0.2, 0.25) is 0 Å². The molecule has 0 bridgehead atoms. The van der Waals surface area contributed by atoms with Gasteiger partial charge in [0.15, 0.2) is 0 Å². The Balaban J connectivity index is 1.59. The van der Waals surface area contributed by atoms with Crippen LogP contribution in [0.4, 0.5) is 0 Å². The van der Waals surface area contributed by atoms with Crippen LogP contribution in [0.25, 0.3) is 10.8 Å². The number of hydrogen-bond donors (Lipinski definition) is 0. The average Bonchev–Trinajstić information content (AvgIpc) is 2.78. The van der Waals surface area contributed by atoms with Gasteiger partial charge in [-0.15, -0.1) is 0 Å². The molecule has 30 heavy (non-hydrogen) atoms. The topological polar surface area (TPSA) is 9.23 Å². The Bertz CT molecular complexity index is 973. The Labute approximate surface area is 182 Å². The lowest BCUT2D eigenvalue weighted by atomic mass is 10.0. The van der Waals surface area contributed by atoms with E-state index in [-0.39, 0.29) is 0 Å². The molecular formula is C29H34O. The van der Waals surface area contributed by atoms with Gasteiger partial charge in [-0.25, -0.2) is 0 Å². The summed E-state index contributed by atoms with van der Waals surface area (Å²) in [5, 5.41) is 2.39. The molecular weight excluding hydrogens is 364 g/mol. The summed E-state index contributed by atoms with van der Waals surface area (Å²) >= 11 is 0. The van der Waals surface area contributed by atoms with Crippen LogP contribution in [0.5, 0.6) is 5.75 Å². The maximum Gasteiger partial charge on any atom is 0.119 e. The zero-order valence-corrected chi connectivity index (χ0v) is 18.5. The summed E-state index contributed by atoms with van der Waals surface area (Å²) in [6.07, 6.45) is 10.1. The van der Waals surface area contributed by atoms with Gasteiger partial charge in [0.2, 0.25) is 0 Å². The zero-order chi connectivity index (χ0) is 21.0. The van der Waals surface area contributed by atoms with Gasteiger partial charge in [0, 0.05) is 11.1 Å². The molecule has 156 valence electrons. The van der Waals surface area contributed by atoms with E-state index in [0.29, 0.717) is 0 Å². The van der Waals surface area contributed by atoms with Crippen LogP contribution in [0.1, 0.15) is 75.5 Å². The lowest BCUT2D eigenvalue weighted by Crippen LogP contribution is -1.96. The summed E-state index contributed by atoms with van der Waals surface area (Å²) in [5.41, 5.74) is 3.53. The quantitative estimate of drug-likeness (QED) is 0.249. The molecule has 3 aromatic rings. The van der Waals surface area contributed by atoms with Crippen molar-refractivity contribution in [3.63, 3.8) is 0 Å². The molecule has 0 aromatic heterocycles. The molecule has 0 aliphatic rings. The Morgan fingerprint density at radius 3 is 2.10 bits per heavy atom. The van der Waals surface area contributed by atoms with E-state index in [9.17, 15) is 0 Å². The SMILES string of the molecule is CCCCCCCc1ccc(C#Cc2ccc3cc(OCCCC)ccc3c2)cc1. The first-order valence-electron chi connectivity index (χ1n) is 11.6. The minimum atomic E-state index is 0.781. The van der Waals surface area contributed by atoms with E-state index in [1.54, 1.807) is 0 Å². The molecule has 0 radical (unpaired) electrons. The number of unbranched alkanes of at least 4 members (excludes halogenated alkanes) is 5. The van der Waals surface area contributed by atoms with E-state index in [1.165, 1.54) is 54.9 Å². The smallest absolute Gasteiger partial charge is 0.119 e. The van der Waals surface area contributed by atoms with Crippen LogP contribution >= 0.6 is 0 Å². The zero-order valence-electron chi connectivity index (χ0n) is 18.5. The monoisotopic (exact) mass is 398 g/mol. The number of benzene rings is 3. The Hall–Kier alpha value is -2.72. The van der Waals surface area contributed by atoms with E-state index in [0.717, 1.165) is 36.3 Å². The highest BCUT2D eigenvalue weighted by Gasteiger charge is 1.99. The molecule has 0 spiro atoms. The van der Waals surface area contributed by atoms with Crippen molar-refractivity contribution in [3.8, 4) is 17.6 Å². The normalized spacial score (nSPS) is 10.6. The fourth-order valence-electron chi connectivity index (χ4n) is 3.56. The predicted octanol–water partition coefficient (Wildman–Crippen LogP) is 7.93. The summed E-state index contributed by atoms with van der Waals surface area (Å²) in [6, 6.07) is 21.4. The van der Waals surface area contributed by atoms with E-state index in [4.69, 9.17) is 4.74 Å². The molecule has 0 atom stereocenters. The van der Waals surface area contributed by atoms with Crippen LogP contribution < -0.4 is 4.74 Å². The summed E-state index contributed by atoms with van der Waals surface area (Å²) in [6.45, 7) is 5.22. The van der Waals surface area contributed by atoms with Crippen molar-refractivity contribution in [3.05, 3.63) is 77.4 Å². The van der Waals surface area contributed by atoms with Crippen LogP contribution in [0, 0.1) is 11.8 Å². The number of ether oxygens (including phenoxy) is 1. The van der Waals surface area contributed by atoms with Crippen LogP contribution in [-0.4, -0.2) is 6.61 Å². The highest BCUT2D eigenvalue weighted by atomic mass is 16.5. The fourth-order valence-corrected chi connectivity index (χ4v) is 3.56. The minimum absolute atomic E-state index is 0.781. The molecule has 0 fully saturated rings.